The molecular formula is C21H25Cl2Zr. The summed E-state index contributed by atoms with van der Waals surface area (Å²) in [4.78, 5) is 0. The van der Waals surface area contributed by atoms with Crippen LogP contribution in [0.5, 0.6) is 0 Å². The molecular weight excluding hydrogens is 414 g/mol. The van der Waals surface area contributed by atoms with Gasteiger partial charge in [0, 0.05) is 0 Å². The second kappa shape index (κ2) is 11.5. The summed E-state index contributed by atoms with van der Waals surface area (Å²) in [5, 5.41) is 0. The molecule has 0 aliphatic heterocycles. The van der Waals surface area contributed by atoms with Crippen LogP contribution < -0.4 is 24.8 Å². The number of halogens is 2. The minimum atomic E-state index is 0. The minimum absolute atomic E-state index is 0. The van der Waals surface area contributed by atoms with Crippen molar-refractivity contribution >= 4 is 0 Å². The van der Waals surface area contributed by atoms with Crippen LogP contribution in [0.3, 0.4) is 0 Å². The van der Waals surface area contributed by atoms with E-state index in [1.165, 1.54) is 71.9 Å². The van der Waals surface area contributed by atoms with Crippen molar-refractivity contribution in [3.63, 3.8) is 0 Å². The topological polar surface area (TPSA) is 0 Å². The standard InChI is InChI=1S/C21H25.2ClH.Zr/c1-3-5-7-16-9-11-18-15-19-12-10-17(8-6-4-2)14-21(19)20(18)13-16;;;/h9-11,13-14H,3-8,15H2,1-2H3;2*1H;/q-1;;;+3/p-2. The molecule has 0 saturated carbocycles. The van der Waals surface area contributed by atoms with Crippen LogP contribution >= 0.6 is 0 Å². The smallest absolute Gasteiger partial charge is 1.00 e. The first-order chi connectivity index (χ1) is 10.3. The molecule has 1 radical (unpaired) electrons. The van der Waals surface area contributed by atoms with Gasteiger partial charge in [-0.25, -0.2) is 0 Å². The second-order valence-corrected chi connectivity index (χ2v) is 6.28. The van der Waals surface area contributed by atoms with Gasteiger partial charge in [0.1, 0.15) is 0 Å². The van der Waals surface area contributed by atoms with Crippen molar-refractivity contribution in [2.75, 3.05) is 0 Å². The van der Waals surface area contributed by atoms with E-state index in [0.717, 1.165) is 6.42 Å². The van der Waals surface area contributed by atoms with E-state index in [2.05, 4.69) is 50.2 Å². The summed E-state index contributed by atoms with van der Waals surface area (Å²) in [6.07, 6.45) is 8.54. The second-order valence-electron chi connectivity index (χ2n) is 6.28. The minimum Gasteiger partial charge on any atom is -1.00 e. The van der Waals surface area contributed by atoms with Crippen molar-refractivity contribution in [1.82, 2.24) is 0 Å². The number of aryl methyl sites for hydroxylation is 2. The number of hydrogen-bond donors (Lipinski definition) is 0. The van der Waals surface area contributed by atoms with Crippen LogP contribution in [0.25, 0.3) is 11.1 Å². The molecule has 0 nitrogen and oxygen atoms in total. The van der Waals surface area contributed by atoms with Crippen molar-refractivity contribution in [3.8, 4) is 11.1 Å². The fraction of sp³-hybridized carbons (Fsp3) is 0.429. The molecule has 2 aromatic rings. The summed E-state index contributed by atoms with van der Waals surface area (Å²) in [5.74, 6) is 0. The van der Waals surface area contributed by atoms with Gasteiger partial charge >= 0.3 is 26.2 Å². The van der Waals surface area contributed by atoms with Crippen molar-refractivity contribution < 1.29 is 51.0 Å². The Morgan fingerprint density at radius 3 is 2.17 bits per heavy atom. The van der Waals surface area contributed by atoms with Gasteiger partial charge < -0.3 is 24.8 Å². The first-order valence-electron chi connectivity index (χ1n) is 8.47. The van der Waals surface area contributed by atoms with E-state index in [4.69, 9.17) is 0 Å². The van der Waals surface area contributed by atoms with Crippen molar-refractivity contribution in [2.24, 2.45) is 0 Å². The van der Waals surface area contributed by atoms with Gasteiger partial charge in [0.25, 0.3) is 0 Å². The molecule has 2 aromatic carbocycles. The third kappa shape index (κ3) is 5.45. The maximum absolute atomic E-state index is 3.54. The van der Waals surface area contributed by atoms with Crippen LogP contribution in [-0.4, -0.2) is 0 Å². The number of benzene rings is 2. The molecule has 0 spiro atoms. The van der Waals surface area contributed by atoms with E-state index in [1.54, 1.807) is 0 Å². The van der Waals surface area contributed by atoms with Crippen LogP contribution in [-0.2, 0) is 45.5 Å². The fourth-order valence-corrected chi connectivity index (χ4v) is 3.24. The third-order valence-electron chi connectivity index (χ3n) is 4.56. The van der Waals surface area contributed by atoms with E-state index in [-0.39, 0.29) is 51.0 Å². The monoisotopic (exact) mass is 437 g/mol. The predicted octanol–water partition coefficient (Wildman–Crippen LogP) is -0.251. The quantitative estimate of drug-likeness (QED) is 0.465. The van der Waals surface area contributed by atoms with Crippen LogP contribution in [0.1, 0.15) is 61.8 Å². The number of hydrogen-bond acceptors (Lipinski definition) is 0. The molecule has 0 fully saturated rings. The SMILES string of the molecule is CCCCc1c[c-]c2c(c1)-c1cc(CCCC)ccc1C2.[Cl-].[Cl-].[Zr+3]. The Morgan fingerprint density at radius 2 is 1.50 bits per heavy atom. The van der Waals surface area contributed by atoms with E-state index in [1.807, 2.05) is 0 Å². The summed E-state index contributed by atoms with van der Waals surface area (Å²) < 4.78 is 0. The maximum Gasteiger partial charge on any atom is 3.00 e. The van der Waals surface area contributed by atoms with Crippen LogP contribution in [0.2, 0.25) is 0 Å². The molecule has 1 aliphatic carbocycles. The zero-order valence-corrected chi connectivity index (χ0v) is 18.6. The van der Waals surface area contributed by atoms with E-state index < -0.39 is 0 Å². The first kappa shape index (κ1) is 23.9. The molecule has 0 atom stereocenters. The fourth-order valence-electron chi connectivity index (χ4n) is 3.24. The van der Waals surface area contributed by atoms with Gasteiger partial charge in [-0.15, -0.1) is 5.56 Å². The van der Waals surface area contributed by atoms with Crippen molar-refractivity contribution in [2.45, 2.75) is 58.8 Å². The molecule has 1 aliphatic rings. The molecule has 0 unspecified atom stereocenters. The van der Waals surface area contributed by atoms with E-state index in [0.29, 0.717) is 0 Å². The van der Waals surface area contributed by atoms with Gasteiger partial charge in [-0.05, 0) is 24.8 Å². The van der Waals surface area contributed by atoms with Gasteiger partial charge in [0.2, 0.25) is 0 Å². The maximum atomic E-state index is 3.54. The largest absolute Gasteiger partial charge is 3.00 e. The summed E-state index contributed by atoms with van der Waals surface area (Å²) in [7, 11) is 0. The van der Waals surface area contributed by atoms with Gasteiger partial charge in [-0.3, -0.25) is 0 Å². The predicted molar refractivity (Wildman–Crippen MR) is 90.7 cm³/mol. The third-order valence-corrected chi connectivity index (χ3v) is 4.56. The van der Waals surface area contributed by atoms with Crippen LogP contribution in [0, 0.1) is 6.07 Å². The zero-order chi connectivity index (χ0) is 14.7. The Balaban J connectivity index is 0.00000176. The molecule has 0 saturated heterocycles. The van der Waals surface area contributed by atoms with E-state index in [9.17, 15) is 0 Å². The molecule has 0 aromatic heterocycles. The number of fused-ring (bicyclic) bond motifs is 3. The zero-order valence-electron chi connectivity index (χ0n) is 14.6. The van der Waals surface area contributed by atoms with Crippen LogP contribution in [0.15, 0.2) is 30.3 Å². The summed E-state index contributed by atoms with van der Waals surface area (Å²) in [6, 6.07) is 15.2. The molecule has 0 heterocycles. The Labute approximate surface area is 178 Å². The molecule has 3 rings (SSSR count). The average Bonchev–Trinajstić information content (AvgIpc) is 2.88. The number of rotatable bonds is 6. The molecule has 0 amide bonds. The Morgan fingerprint density at radius 1 is 0.875 bits per heavy atom. The normalized spacial score (nSPS) is 10.8. The van der Waals surface area contributed by atoms with E-state index >= 15 is 0 Å². The molecule has 3 heteroatoms. The molecule has 0 N–H and O–H groups in total. The Hall–Kier alpha value is -0.0969. The van der Waals surface area contributed by atoms with Gasteiger partial charge in [0.15, 0.2) is 0 Å². The summed E-state index contributed by atoms with van der Waals surface area (Å²) in [6.45, 7) is 4.52. The molecule has 0 bridgehead atoms. The molecule has 127 valence electrons. The Bertz CT molecular complexity index is 582. The number of unbranched alkanes of at least 4 members (excludes halogenated alkanes) is 2. The van der Waals surface area contributed by atoms with Gasteiger partial charge in [0.05, 0.1) is 0 Å². The van der Waals surface area contributed by atoms with Gasteiger partial charge in [-0.2, -0.15) is 29.3 Å². The van der Waals surface area contributed by atoms with Crippen LogP contribution in [0.4, 0.5) is 0 Å². The van der Waals surface area contributed by atoms with Crippen molar-refractivity contribution in [3.05, 3.63) is 58.7 Å². The van der Waals surface area contributed by atoms with Crippen molar-refractivity contribution in [1.29, 1.82) is 0 Å². The molecule has 24 heavy (non-hydrogen) atoms. The summed E-state index contributed by atoms with van der Waals surface area (Å²) >= 11 is 0. The summed E-state index contributed by atoms with van der Waals surface area (Å²) in [5.41, 5.74) is 8.71. The Kier molecular flexibility index (Phi) is 11.5. The van der Waals surface area contributed by atoms with Gasteiger partial charge in [-0.1, -0.05) is 68.9 Å². The average molecular weight is 440 g/mol. The first-order valence-corrected chi connectivity index (χ1v) is 8.47.